The van der Waals surface area contributed by atoms with Gasteiger partial charge in [-0.1, -0.05) is 133 Å². The number of nitrogens with zero attached hydrogens (tertiary/aromatic N) is 6. The van der Waals surface area contributed by atoms with E-state index in [9.17, 15) is 0 Å². The third kappa shape index (κ3) is 7.71. The van der Waals surface area contributed by atoms with Crippen molar-refractivity contribution in [1.82, 2.24) is 19.5 Å². The number of thiophene rings is 1. The number of hydrogen-bond acceptors (Lipinski definition) is 5. The van der Waals surface area contributed by atoms with Gasteiger partial charge in [0, 0.05) is 58.7 Å². The van der Waals surface area contributed by atoms with Gasteiger partial charge in [-0.2, -0.15) is 0 Å². The highest BCUT2D eigenvalue weighted by Gasteiger charge is 2.16. The lowest BCUT2D eigenvalue weighted by Gasteiger charge is -2.08. The molecule has 0 bridgehead atoms. The molecule has 3 heterocycles. The van der Waals surface area contributed by atoms with E-state index < -0.39 is 0 Å². The molecule has 3 aromatic heterocycles. The normalized spacial score (nSPS) is 12.6. The minimum atomic E-state index is 0.131. The largest absolute Gasteiger partial charge is 0.309 e. The van der Waals surface area contributed by atoms with E-state index in [1.54, 1.807) is 11.3 Å². The average Bonchev–Trinajstić information content (AvgIpc) is 3.87. The highest BCUT2D eigenvalue weighted by Crippen LogP contribution is 2.37. The maximum Gasteiger partial charge on any atom is 0.164 e. The quantitative estimate of drug-likeness (QED) is 0.122. The number of fused-ring (bicyclic) bond motifs is 4. The molecule has 0 saturated heterocycles. The van der Waals surface area contributed by atoms with E-state index in [0.717, 1.165) is 70.4 Å². The summed E-state index contributed by atoms with van der Waals surface area (Å²) < 4.78 is 4.62. The smallest absolute Gasteiger partial charge is 0.164 e. The Morgan fingerprint density at radius 3 is 1.81 bits per heavy atom. The topological polar surface area (TPSA) is 92.2 Å². The fourth-order valence-electron chi connectivity index (χ4n) is 7.94. The lowest BCUT2D eigenvalue weighted by molar-refractivity contribution is 1.04. The van der Waals surface area contributed by atoms with Gasteiger partial charge in [0.25, 0.3) is 0 Å². The van der Waals surface area contributed by atoms with E-state index in [1.807, 2.05) is 116 Å². The van der Waals surface area contributed by atoms with Gasteiger partial charge in [0.2, 0.25) is 0 Å². The summed E-state index contributed by atoms with van der Waals surface area (Å²) in [5.74, 6) is 2.33. The van der Waals surface area contributed by atoms with Gasteiger partial charge in [-0.3, -0.25) is 5.41 Å². The van der Waals surface area contributed by atoms with Crippen molar-refractivity contribution in [3.63, 3.8) is 0 Å². The molecule has 0 atom stereocenters. The van der Waals surface area contributed by atoms with E-state index in [1.165, 1.54) is 4.70 Å². The Morgan fingerprint density at radius 2 is 1.17 bits per heavy atom. The highest BCUT2D eigenvalue weighted by atomic mass is 32.1. The van der Waals surface area contributed by atoms with Gasteiger partial charge in [0.15, 0.2) is 29.1 Å². The molecule has 0 saturated carbocycles. The van der Waals surface area contributed by atoms with Crippen LogP contribution in [0.5, 0.6) is 0 Å². The molecule has 0 unspecified atom stereocenters. The molecule has 0 aliphatic carbocycles. The first kappa shape index (κ1) is 39.0. The lowest BCUT2D eigenvalue weighted by Crippen LogP contribution is -2.28. The molecule has 7 nitrogen and oxygen atoms in total. The van der Waals surface area contributed by atoms with Gasteiger partial charge in [-0.25, -0.2) is 24.9 Å². The number of hydrogen-bond donors (Lipinski definition) is 1. The second kappa shape index (κ2) is 17.0. The summed E-state index contributed by atoms with van der Waals surface area (Å²) >= 11 is 1.74. The molecule has 0 aliphatic heterocycles. The standard InChI is InChI=1S/C55H39N7S/c1-3-4-25-47-44(35-51-58-54(37-19-11-6-12-20-37)61-55(59-51)38-21-13-7-14-22-38)43-32-39(26-29-48(43)62(47)42-23-15-8-16-24-42)40-27-30-49-45(33-40)46-34-41(28-31-50(46)63-49)52(56)60-53(57-2)36-17-9-5-10-18-36/h3-35,56H,2H2,1H3/b4-3-,44-35?,47-25+,56-52?,60-53?. The number of para-hydroxylation sites is 1. The minimum absolute atomic E-state index is 0.131. The number of benzene rings is 7. The van der Waals surface area contributed by atoms with Gasteiger partial charge in [0.05, 0.1) is 10.9 Å². The molecule has 0 aliphatic rings. The van der Waals surface area contributed by atoms with E-state index in [4.69, 9.17) is 20.4 Å². The van der Waals surface area contributed by atoms with Crippen LogP contribution in [0.3, 0.4) is 0 Å². The number of nitrogens with one attached hydrogen (secondary N) is 1. The SMILES string of the molecule is C=NC(=NC(=N)c1ccc2sc3ccc(-c4ccc5c(c4)c(=Cc4nc(-c6ccccc6)nc(-c6ccccc6)n4)/c(=C\C=C/C)n5-c4ccccc4)cc3c2c1)c1ccccc1. The second-order valence-corrected chi connectivity index (χ2v) is 16.0. The number of aliphatic imine (C=N–C) groups is 2. The summed E-state index contributed by atoms with van der Waals surface area (Å²) in [5.41, 5.74) is 7.62. The molecule has 7 aromatic carbocycles. The average molecular weight is 830 g/mol. The maximum absolute atomic E-state index is 8.94. The molecule has 10 rings (SSSR count). The van der Waals surface area contributed by atoms with Gasteiger partial charge in [-0.15, -0.1) is 11.3 Å². The molecule has 8 heteroatoms. The number of amidine groups is 2. The van der Waals surface area contributed by atoms with Crippen LogP contribution in [0, 0.1) is 5.41 Å². The summed E-state index contributed by atoms with van der Waals surface area (Å²) in [4.78, 5) is 23.8. The molecule has 0 radical (unpaired) electrons. The van der Waals surface area contributed by atoms with Gasteiger partial charge >= 0.3 is 0 Å². The summed E-state index contributed by atoms with van der Waals surface area (Å²) in [6.07, 6.45) is 8.38. The van der Waals surface area contributed by atoms with Crippen molar-refractivity contribution in [3.05, 3.63) is 216 Å². The summed E-state index contributed by atoms with van der Waals surface area (Å²) in [5, 5.41) is 14.2. The zero-order valence-electron chi connectivity index (χ0n) is 34.4. The predicted molar refractivity (Wildman–Crippen MR) is 264 cm³/mol. The Morgan fingerprint density at radius 1 is 0.603 bits per heavy atom. The fourth-order valence-corrected chi connectivity index (χ4v) is 9.01. The van der Waals surface area contributed by atoms with Crippen LogP contribution >= 0.6 is 11.3 Å². The van der Waals surface area contributed by atoms with Crippen LogP contribution in [0.4, 0.5) is 0 Å². The van der Waals surface area contributed by atoms with E-state index in [0.29, 0.717) is 28.9 Å². The number of rotatable bonds is 8. The van der Waals surface area contributed by atoms with E-state index in [2.05, 4.69) is 112 Å². The highest BCUT2D eigenvalue weighted by molar-refractivity contribution is 7.25. The zero-order valence-corrected chi connectivity index (χ0v) is 35.2. The predicted octanol–water partition coefficient (Wildman–Crippen LogP) is 11.8. The van der Waals surface area contributed by atoms with Gasteiger partial charge in [-0.05, 0) is 91.5 Å². The molecule has 1 N–H and O–H groups in total. The van der Waals surface area contributed by atoms with Crippen molar-refractivity contribution >= 4 is 73.0 Å². The first-order valence-corrected chi connectivity index (χ1v) is 21.4. The molecule has 63 heavy (non-hydrogen) atoms. The van der Waals surface area contributed by atoms with Gasteiger partial charge in [0.1, 0.15) is 0 Å². The molecule has 10 aromatic rings. The number of allylic oxidation sites excluding steroid dienone is 2. The summed E-state index contributed by atoms with van der Waals surface area (Å²) in [6.45, 7) is 5.75. The number of aromatic nitrogens is 4. The Labute approximate surface area is 368 Å². The van der Waals surface area contributed by atoms with Crippen molar-refractivity contribution in [2.75, 3.05) is 0 Å². The zero-order chi connectivity index (χ0) is 42.7. The molecule has 0 fully saturated rings. The third-order valence-electron chi connectivity index (χ3n) is 11.0. The van der Waals surface area contributed by atoms with Crippen LogP contribution in [0.2, 0.25) is 0 Å². The van der Waals surface area contributed by atoms with Crippen LogP contribution in [0.15, 0.2) is 198 Å². The van der Waals surface area contributed by atoms with Crippen molar-refractivity contribution in [3.8, 4) is 39.6 Å². The van der Waals surface area contributed by atoms with Crippen molar-refractivity contribution < 1.29 is 0 Å². The van der Waals surface area contributed by atoms with Crippen molar-refractivity contribution in [2.24, 2.45) is 9.98 Å². The first-order valence-electron chi connectivity index (χ1n) is 20.6. The Balaban J connectivity index is 1.16. The van der Waals surface area contributed by atoms with Crippen LogP contribution < -0.4 is 10.6 Å². The van der Waals surface area contributed by atoms with Crippen LogP contribution in [0.1, 0.15) is 23.9 Å². The van der Waals surface area contributed by atoms with Crippen LogP contribution in [0.25, 0.3) is 82.8 Å². The summed E-state index contributed by atoms with van der Waals surface area (Å²) in [6, 6.07) is 59.7. The molecule has 0 amide bonds. The first-order chi connectivity index (χ1) is 31.0. The molecular weight excluding hydrogens is 791 g/mol. The van der Waals surface area contributed by atoms with Gasteiger partial charge < -0.3 is 4.57 Å². The monoisotopic (exact) mass is 829 g/mol. The Hall–Kier alpha value is -8.20. The summed E-state index contributed by atoms with van der Waals surface area (Å²) in [7, 11) is 0. The second-order valence-electron chi connectivity index (χ2n) is 14.9. The van der Waals surface area contributed by atoms with E-state index in [-0.39, 0.29) is 5.84 Å². The Kier molecular flexibility index (Phi) is 10.5. The molecular formula is C55H39N7S. The lowest BCUT2D eigenvalue weighted by atomic mass is 10.0. The maximum atomic E-state index is 8.94. The minimum Gasteiger partial charge on any atom is -0.309 e. The molecule has 300 valence electrons. The van der Waals surface area contributed by atoms with Crippen LogP contribution in [-0.4, -0.2) is 37.9 Å². The van der Waals surface area contributed by atoms with Crippen LogP contribution in [-0.2, 0) is 0 Å². The Bertz CT molecular complexity index is 3480. The molecule has 0 spiro atoms. The fraction of sp³-hybridized carbons (Fsp3) is 0.0182. The van der Waals surface area contributed by atoms with Crippen molar-refractivity contribution in [1.29, 1.82) is 5.41 Å². The third-order valence-corrected chi connectivity index (χ3v) is 12.1. The van der Waals surface area contributed by atoms with Crippen molar-refractivity contribution in [2.45, 2.75) is 6.92 Å². The van der Waals surface area contributed by atoms with E-state index >= 15 is 0 Å².